The van der Waals surface area contributed by atoms with E-state index in [-0.39, 0.29) is 27.2 Å². The molecule has 0 radical (unpaired) electrons. The monoisotopic (exact) mass is 371 g/mol. The normalized spacial score (nSPS) is 11.6. The summed E-state index contributed by atoms with van der Waals surface area (Å²) in [5.41, 5.74) is 0.0643. The largest absolute Gasteiger partial charge is 0.391 e. The van der Waals surface area contributed by atoms with Gasteiger partial charge in [0.1, 0.15) is 0 Å². The van der Waals surface area contributed by atoms with E-state index in [1.54, 1.807) is 0 Å². The predicted molar refractivity (Wildman–Crippen MR) is 82.5 cm³/mol. The molecule has 2 aromatic rings. The fourth-order valence-electron chi connectivity index (χ4n) is 1.42. The van der Waals surface area contributed by atoms with Crippen LogP contribution in [0.3, 0.4) is 0 Å². The quantitative estimate of drug-likeness (QED) is 0.852. The van der Waals surface area contributed by atoms with Crippen LogP contribution in [0.1, 0.15) is 4.88 Å². The van der Waals surface area contributed by atoms with Gasteiger partial charge in [0.2, 0.25) is 0 Å². The van der Waals surface area contributed by atoms with Crippen molar-refractivity contribution in [3.05, 3.63) is 43.5 Å². The second-order valence-electron chi connectivity index (χ2n) is 3.76. The third-order valence-corrected chi connectivity index (χ3v) is 5.55. The summed E-state index contributed by atoms with van der Waals surface area (Å²) < 4.78 is 26.7. The van der Waals surface area contributed by atoms with Crippen molar-refractivity contribution >= 4 is 61.9 Å². The molecule has 0 fully saturated rings. The van der Waals surface area contributed by atoms with Gasteiger partial charge in [-0.05, 0) is 18.2 Å². The number of hydrogen-bond acceptors (Lipinski definition) is 4. The second kappa shape index (κ2) is 6.09. The topological polar surface area (TPSA) is 66.4 Å². The molecule has 2 N–H and O–H groups in total. The molecule has 20 heavy (non-hydrogen) atoms. The van der Waals surface area contributed by atoms with Crippen molar-refractivity contribution in [1.82, 2.24) is 0 Å². The highest BCUT2D eigenvalue weighted by atomic mass is 35.5. The Kier molecular flexibility index (Phi) is 4.84. The standard InChI is InChI=1S/C11H8Cl3NO3S2/c12-6-1-9(13)11(10(14)2-6)15-20(17,18)8-3-7(4-16)19-5-8/h1-3,5,15-16H,4H2. The minimum atomic E-state index is -3.82. The number of nitrogens with one attached hydrogen (secondary N) is 1. The molecule has 0 unspecified atom stereocenters. The van der Waals surface area contributed by atoms with Crippen LogP contribution >= 0.6 is 46.1 Å². The molecule has 2 rings (SSSR count). The molecule has 1 aromatic heterocycles. The van der Waals surface area contributed by atoms with Crippen LogP contribution in [0.4, 0.5) is 5.69 Å². The van der Waals surface area contributed by atoms with Crippen LogP contribution in [0.15, 0.2) is 28.5 Å². The Morgan fingerprint density at radius 2 is 1.75 bits per heavy atom. The zero-order chi connectivity index (χ0) is 14.9. The summed E-state index contributed by atoms with van der Waals surface area (Å²) in [5, 5.41) is 10.9. The van der Waals surface area contributed by atoms with E-state index in [2.05, 4.69) is 4.72 Å². The number of aliphatic hydroxyl groups is 1. The first-order chi connectivity index (χ1) is 9.33. The Labute approximate surface area is 135 Å². The zero-order valence-corrected chi connectivity index (χ0v) is 13.6. The van der Waals surface area contributed by atoms with Crippen LogP contribution in [0.5, 0.6) is 0 Å². The summed E-state index contributed by atoms with van der Waals surface area (Å²) in [6, 6.07) is 4.16. The third-order valence-electron chi connectivity index (χ3n) is 2.34. The average molecular weight is 373 g/mol. The Morgan fingerprint density at radius 3 is 2.25 bits per heavy atom. The minimum absolute atomic E-state index is 0.0358. The average Bonchev–Trinajstić information content (AvgIpc) is 2.83. The maximum absolute atomic E-state index is 12.2. The van der Waals surface area contributed by atoms with Gasteiger partial charge in [-0.1, -0.05) is 34.8 Å². The van der Waals surface area contributed by atoms with Gasteiger partial charge in [0.15, 0.2) is 0 Å². The van der Waals surface area contributed by atoms with Crippen molar-refractivity contribution in [3.8, 4) is 0 Å². The zero-order valence-electron chi connectivity index (χ0n) is 9.73. The highest BCUT2D eigenvalue weighted by Crippen LogP contribution is 2.35. The summed E-state index contributed by atoms with van der Waals surface area (Å²) >= 11 is 18.8. The molecule has 1 aromatic carbocycles. The lowest BCUT2D eigenvalue weighted by atomic mass is 10.3. The van der Waals surface area contributed by atoms with Gasteiger partial charge in [0.05, 0.1) is 27.2 Å². The van der Waals surface area contributed by atoms with Crippen molar-refractivity contribution in [2.24, 2.45) is 0 Å². The number of rotatable bonds is 4. The van der Waals surface area contributed by atoms with Gasteiger partial charge >= 0.3 is 0 Å². The summed E-state index contributed by atoms with van der Waals surface area (Å²) in [6.45, 7) is -0.220. The SMILES string of the molecule is O=S(=O)(Nc1c(Cl)cc(Cl)cc1Cl)c1csc(CO)c1. The predicted octanol–water partition coefficient (Wildman–Crippen LogP) is 4.00. The molecule has 0 aliphatic heterocycles. The van der Waals surface area contributed by atoms with Crippen LogP contribution < -0.4 is 4.72 Å². The van der Waals surface area contributed by atoms with Crippen molar-refractivity contribution in [3.63, 3.8) is 0 Å². The number of sulfonamides is 1. The Balaban J connectivity index is 2.38. The molecule has 1 heterocycles. The van der Waals surface area contributed by atoms with Gasteiger partial charge in [0, 0.05) is 15.3 Å². The van der Waals surface area contributed by atoms with Crippen LogP contribution in [-0.2, 0) is 16.6 Å². The van der Waals surface area contributed by atoms with E-state index >= 15 is 0 Å². The molecule has 0 bridgehead atoms. The molecule has 0 amide bonds. The van der Waals surface area contributed by atoms with Crippen LogP contribution in [0, 0.1) is 0 Å². The maximum atomic E-state index is 12.2. The van der Waals surface area contributed by atoms with Gasteiger partial charge in [0.25, 0.3) is 10.0 Å². The fraction of sp³-hybridized carbons (Fsp3) is 0.0909. The van der Waals surface area contributed by atoms with Gasteiger partial charge in [-0.3, -0.25) is 4.72 Å². The van der Waals surface area contributed by atoms with Crippen molar-refractivity contribution in [2.75, 3.05) is 4.72 Å². The Morgan fingerprint density at radius 1 is 1.15 bits per heavy atom. The lowest BCUT2D eigenvalue weighted by Gasteiger charge is -2.10. The van der Waals surface area contributed by atoms with E-state index in [1.807, 2.05) is 0 Å². The third kappa shape index (κ3) is 3.39. The fourth-order valence-corrected chi connectivity index (χ4v) is 4.68. The first-order valence-electron chi connectivity index (χ1n) is 5.19. The summed E-state index contributed by atoms with van der Waals surface area (Å²) in [5.74, 6) is 0. The highest BCUT2D eigenvalue weighted by molar-refractivity contribution is 7.92. The maximum Gasteiger partial charge on any atom is 0.262 e. The van der Waals surface area contributed by atoms with Gasteiger partial charge < -0.3 is 5.11 Å². The van der Waals surface area contributed by atoms with Gasteiger partial charge in [-0.25, -0.2) is 8.42 Å². The van der Waals surface area contributed by atoms with Crippen LogP contribution in [0.2, 0.25) is 15.1 Å². The molecule has 0 atom stereocenters. The van der Waals surface area contributed by atoms with Crippen molar-refractivity contribution in [1.29, 1.82) is 0 Å². The summed E-state index contributed by atoms with van der Waals surface area (Å²) in [7, 11) is -3.82. The lowest BCUT2D eigenvalue weighted by Crippen LogP contribution is -2.12. The van der Waals surface area contributed by atoms with E-state index < -0.39 is 10.0 Å². The molecular formula is C11H8Cl3NO3S2. The van der Waals surface area contributed by atoms with E-state index in [0.717, 1.165) is 11.3 Å². The number of hydrogen-bond donors (Lipinski definition) is 2. The van der Waals surface area contributed by atoms with Gasteiger partial charge in [-0.2, -0.15) is 0 Å². The molecule has 0 aliphatic carbocycles. The first kappa shape index (κ1) is 15.9. The van der Waals surface area contributed by atoms with E-state index in [9.17, 15) is 8.42 Å². The van der Waals surface area contributed by atoms with Crippen LogP contribution in [-0.4, -0.2) is 13.5 Å². The molecule has 4 nitrogen and oxygen atoms in total. The number of halogens is 3. The first-order valence-corrected chi connectivity index (χ1v) is 8.69. The molecule has 108 valence electrons. The lowest BCUT2D eigenvalue weighted by molar-refractivity contribution is 0.285. The van der Waals surface area contributed by atoms with Gasteiger partial charge in [-0.15, -0.1) is 11.3 Å². The van der Waals surface area contributed by atoms with E-state index in [1.165, 1.54) is 23.6 Å². The molecule has 9 heteroatoms. The second-order valence-corrected chi connectivity index (χ2v) is 7.69. The summed E-state index contributed by atoms with van der Waals surface area (Å²) in [4.78, 5) is 0.576. The van der Waals surface area contributed by atoms with E-state index in [4.69, 9.17) is 39.9 Å². The summed E-state index contributed by atoms with van der Waals surface area (Å²) in [6.07, 6.45) is 0. The van der Waals surface area contributed by atoms with Crippen LogP contribution in [0.25, 0.3) is 0 Å². The smallest absolute Gasteiger partial charge is 0.262 e. The molecule has 0 spiro atoms. The molecule has 0 aliphatic rings. The number of aliphatic hydroxyl groups excluding tert-OH is 1. The Hall–Kier alpha value is -0.500. The number of thiophene rings is 1. The number of anilines is 1. The Bertz CT molecular complexity index is 720. The molecule has 0 saturated carbocycles. The minimum Gasteiger partial charge on any atom is -0.391 e. The number of benzene rings is 1. The highest BCUT2D eigenvalue weighted by Gasteiger charge is 2.19. The molecule has 0 saturated heterocycles. The van der Waals surface area contributed by atoms with E-state index in [0.29, 0.717) is 9.90 Å². The molecular weight excluding hydrogens is 365 g/mol. The van der Waals surface area contributed by atoms with Crippen molar-refractivity contribution in [2.45, 2.75) is 11.5 Å². The van der Waals surface area contributed by atoms with Crippen molar-refractivity contribution < 1.29 is 13.5 Å².